The van der Waals surface area contributed by atoms with Crippen molar-refractivity contribution in [3.8, 4) is 0 Å². The minimum Gasteiger partial charge on any atom is -0.400 e. The van der Waals surface area contributed by atoms with Gasteiger partial charge in [0.1, 0.15) is 0 Å². The molecule has 4 nitrogen and oxygen atoms in total. The van der Waals surface area contributed by atoms with Gasteiger partial charge in [-0.3, -0.25) is 0 Å². The van der Waals surface area contributed by atoms with Crippen LogP contribution in [-0.2, 0) is 17.1 Å². The summed E-state index contributed by atoms with van der Waals surface area (Å²) >= 11 is 0. The highest BCUT2D eigenvalue weighted by molar-refractivity contribution is 6.67. The van der Waals surface area contributed by atoms with E-state index in [9.17, 15) is 0 Å². The summed E-state index contributed by atoms with van der Waals surface area (Å²) in [6.45, 7) is 9.66. The quantitative estimate of drug-likeness (QED) is 0.687. The van der Waals surface area contributed by atoms with Crippen molar-refractivity contribution in [3.63, 3.8) is 0 Å². The van der Waals surface area contributed by atoms with Crippen LogP contribution in [0.4, 0.5) is 0 Å². The molecule has 1 rings (SSSR count). The van der Waals surface area contributed by atoms with Crippen molar-refractivity contribution in [1.29, 1.82) is 0 Å². The lowest BCUT2D eigenvalue weighted by atomic mass is 10.4. The molecule has 7 heteroatoms. The van der Waals surface area contributed by atoms with Crippen LogP contribution in [0.2, 0.25) is 11.1 Å². The Morgan fingerprint density at radius 1 is 1.00 bits per heavy atom. The van der Waals surface area contributed by atoms with Gasteiger partial charge in [-0.1, -0.05) is 13.8 Å². The average molecular weight is 267 g/mol. The Labute approximate surface area is 98.0 Å². The Morgan fingerprint density at radius 3 is 1.73 bits per heavy atom. The SMILES string of the molecule is CCO[Si]1(OCC)O[SiH2]C(C)C(C)[SiH2]O1. The summed E-state index contributed by atoms with van der Waals surface area (Å²) in [5, 5.41) is 0. The van der Waals surface area contributed by atoms with Crippen LogP contribution in [0.25, 0.3) is 0 Å². The molecule has 0 aromatic carbocycles. The minimum absolute atomic E-state index is 0.573. The summed E-state index contributed by atoms with van der Waals surface area (Å²) in [4.78, 5) is 0. The zero-order chi connectivity index (χ0) is 11.3. The second-order valence-corrected chi connectivity index (χ2v) is 11.1. The first-order valence-corrected chi connectivity index (χ1v) is 10.1. The van der Waals surface area contributed by atoms with E-state index in [0.29, 0.717) is 24.3 Å². The molecule has 0 aromatic rings. The first-order chi connectivity index (χ1) is 7.13. The van der Waals surface area contributed by atoms with Gasteiger partial charge in [0.25, 0.3) is 0 Å². The third kappa shape index (κ3) is 3.77. The molecule has 1 aliphatic heterocycles. The molecule has 0 aliphatic carbocycles. The highest BCUT2D eigenvalue weighted by atomic mass is 28.5. The molecule has 1 heterocycles. The maximum atomic E-state index is 5.90. The van der Waals surface area contributed by atoms with E-state index < -0.39 is 28.6 Å². The van der Waals surface area contributed by atoms with Crippen molar-refractivity contribution in [2.75, 3.05) is 13.2 Å². The third-order valence-electron chi connectivity index (χ3n) is 2.66. The van der Waals surface area contributed by atoms with Gasteiger partial charge in [0, 0.05) is 13.2 Å². The molecular weight excluding hydrogens is 244 g/mol. The van der Waals surface area contributed by atoms with Crippen molar-refractivity contribution in [2.45, 2.75) is 38.8 Å². The highest BCUT2D eigenvalue weighted by Gasteiger charge is 2.46. The number of hydrogen-bond donors (Lipinski definition) is 0. The molecule has 0 saturated carbocycles. The summed E-state index contributed by atoms with van der Waals surface area (Å²) in [5.74, 6) is 0. The molecule has 0 spiro atoms. The smallest absolute Gasteiger partial charge is 0.400 e. The summed E-state index contributed by atoms with van der Waals surface area (Å²) < 4.78 is 23.1. The van der Waals surface area contributed by atoms with Crippen molar-refractivity contribution in [2.24, 2.45) is 0 Å². The first kappa shape index (κ1) is 13.6. The van der Waals surface area contributed by atoms with Crippen LogP contribution in [0.3, 0.4) is 0 Å². The highest BCUT2D eigenvalue weighted by Crippen LogP contribution is 2.28. The Bertz CT molecular complexity index is 173. The fourth-order valence-corrected chi connectivity index (χ4v) is 9.82. The number of rotatable bonds is 4. The molecule has 0 bridgehead atoms. The molecule has 2 unspecified atom stereocenters. The third-order valence-corrected chi connectivity index (χ3v) is 11.4. The maximum absolute atomic E-state index is 5.90. The predicted molar refractivity (Wildman–Crippen MR) is 67.1 cm³/mol. The van der Waals surface area contributed by atoms with Crippen LogP contribution in [0.5, 0.6) is 0 Å². The Morgan fingerprint density at radius 2 is 1.40 bits per heavy atom. The zero-order valence-electron chi connectivity index (χ0n) is 10.1. The second kappa shape index (κ2) is 6.28. The summed E-state index contributed by atoms with van der Waals surface area (Å²) in [7, 11) is -3.84. The Kier molecular flexibility index (Phi) is 5.68. The molecular formula is C8H22O4Si3. The van der Waals surface area contributed by atoms with E-state index in [0.717, 1.165) is 0 Å². The zero-order valence-corrected chi connectivity index (χ0v) is 13.9. The molecule has 1 fully saturated rings. The Hall–Kier alpha value is 0.491. The van der Waals surface area contributed by atoms with Crippen LogP contribution < -0.4 is 0 Å². The van der Waals surface area contributed by atoms with E-state index in [4.69, 9.17) is 17.1 Å². The molecule has 0 aromatic heterocycles. The normalized spacial score (nSPS) is 34.4. The lowest BCUT2D eigenvalue weighted by molar-refractivity contribution is 0.0530. The van der Waals surface area contributed by atoms with Gasteiger partial charge in [-0.15, -0.1) is 0 Å². The molecule has 1 aliphatic rings. The van der Waals surface area contributed by atoms with Crippen molar-refractivity contribution in [1.82, 2.24) is 0 Å². The summed E-state index contributed by atoms with van der Waals surface area (Å²) in [6.07, 6.45) is 0. The molecule has 0 radical (unpaired) electrons. The van der Waals surface area contributed by atoms with Gasteiger partial charge in [0.15, 0.2) is 19.5 Å². The van der Waals surface area contributed by atoms with Crippen LogP contribution in [-0.4, -0.2) is 41.8 Å². The molecule has 2 atom stereocenters. The van der Waals surface area contributed by atoms with Crippen molar-refractivity contribution in [3.05, 3.63) is 0 Å². The van der Waals surface area contributed by atoms with Crippen LogP contribution in [0.1, 0.15) is 27.7 Å². The van der Waals surface area contributed by atoms with E-state index >= 15 is 0 Å². The van der Waals surface area contributed by atoms with Gasteiger partial charge in [0.2, 0.25) is 0 Å². The molecule has 15 heavy (non-hydrogen) atoms. The average Bonchev–Trinajstić information content (AvgIpc) is 2.34. The van der Waals surface area contributed by atoms with Crippen molar-refractivity contribution >= 4 is 28.6 Å². The molecule has 1 saturated heterocycles. The van der Waals surface area contributed by atoms with Gasteiger partial charge in [-0.2, -0.15) is 0 Å². The van der Waals surface area contributed by atoms with Crippen LogP contribution >= 0.6 is 0 Å². The van der Waals surface area contributed by atoms with Crippen molar-refractivity contribution < 1.29 is 17.1 Å². The van der Waals surface area contributed by atoms with Gasteiger partial charge in [-0.05, 0) is 24.9 Å². The largest absolute Gasteiger partial charge is 0.657 e. The van der Waals surface area contributed by atoms with Gasteiger partial charge >= 0.3 is 9.05 Å². The minimum atomic E-state index is -2.69. The van der Waals surface area contributed by atoms with E-state index in [1.807, 2.05) is 13.8 Å². The molecule has 90 valence electrons. The lowest BCUT2D eigenvalue weighted by Crippen LogP contribution is -2.49. The summed E-state index contributed by atoms with van der Waals surface area (Å²) in [5.41, 5.74) is 1.37. The maximum Gasteiger partial charge on any atom is 0.657 e. The standard InChI is InChI=1S/C8H22O4Si3/c1-5-9-15(10-6-2)11-13-7(3)8(4)14-12-15/h7-8H,5-6,13-14H2,1-4H3. The van der Waals surface area contributed by atoms with E-state index in [1.54, 1.807) is 0 Å². The van der Waals surface area contributed by atoms with Gasteiger partial charge in [-0.25, -0.2) is 0 Å². The van der Waals surface area contributed by atoms with Crippen LogP contribution in [0, 0.1) is 0 Å². The first-order valence-electron chi connectivity index (χ1n) is 5.69. The monoisotopic (exact) mass is 266 g/mol. The van der Waals surface area contributed by atoms with Gasteiger partial charge < -0.3 is 17.1 Å². The Balaban J connectivity index is 2.63. The number of hydrogen-bond acceptors (Lipinski definition) is 4. The fraction of sp³-hybridized carbons (Fsp3) is 1.00. The van der Waals surface area contributed by atoms with Gasteiger partial charge in [0.05, 0.1) is 0 Å². The van der Waals surface area contributed by atoms with E-state index in [2.05, 4.69) is 13.8 Å². The second-order valence-electron chi connectivity index (χ2n) is 3.94. The fourth-order valence-electron chi connectivity index (χ4n) is 1.40. The lowest BCUT2D eigenvalue weighted by Gasteiger charge is -2.26. The van der Waals surface area contributed by atoms with Crippen LogP contribution in [0.15, 0.2) is 0 Å². The molecule has 0 amide bonds. The van der Waals surface area contributed by atoms with E-state index in [-0.39, 0.29) is 0 Å². The predicted octanol–water partition coefficient (Wildman–Crippen LogP) is 0.326. The summed E-state index contributed by atoms with van der Waals surface area (Å²) in [6, 6.07) is 0. The topological polar surface area (TPSA) is 36.9 Å². The van der Waals surface area contributed by atoms with E-state index in [1.165, 1.54) is 0 Å². The molecule has 0 N–H and O–H groups in total.